The topological polar surface area (TPSA) is 99.4 Å². The quantitative estimate of drug-likeness (QED) is 0.456. The van der Waals surface area contributed by atoms with Gasteiger partial charge in [0.1, 0.15) is 18.3 Å². The van der Waals surface area contributed by atoms with E-state index in [1.165, 1.54) is 24.0 Å². The first kappa shape index (κ1) is 24.9. The Hall–Kier alpha value is -0.760. The molecule has 1 heterocycles. The zero-order valence-corrected chi connectivity index (χ0v) is 19.6. The number of aliphatic hydroxyl groups is 4. The van der Waals surface area contributed by atoms with E-state index in [1.54, 1.807) is 13.0 Å². The van der Waals surface area contributed by atoms with E-state index in [2.05, 4.69) is 27.4 Å². The minimum Gasteiger partial charge on any atom is -0.388 e. The van der Waals surface area contributed by atoms with Crippen LogP contribution in [0.15, 0.2) is 23.8 Å². The Balaban J connectivity index is 1.84. The summed E-state index contributed by atoms with van der Waals surface area (Å²) in [6.45, 7) is 13.0. The van der Waals surface area contributed by atoms with Crippen LogP contribution in [0.3, 0.4) is 0 Å². The Bertz CT molecular complexity index is 683. The molecule has 0 spiro atoms. The second kappa shape index (κ2) is 9.24. The summed E-state index contributed by atoms with van der Waals surface area (Å²) < 4.78 is 11.4. The van der Waals surface area contributed by atoms with Gasteiger partial charge in [0.2, 0.25) is 0 Å². The van der Waals surface area contributed by atoms with E-state index in [-0.39, 0.29) is 17.4 Å². The predicted octanol–water partition coefficient (Wildman–Crippen LogP) is 3.08. The maximum atomic E-state index is 10.6. The van der Waals surface area contributed by atoms with Crippen molar-refractivity contribution in [1.82, 2.24) is 0 Å². The molecule has 0 radical (unpaired) electrons. The Labute approximate surface area is 187 Å². The fourth-order valence-electron chi connectivity index (χ4n) is 6.28. The molecule has 6 nitrogen and oxygen atoms in total. The lowest BCUT2D eigenvalue weighted by atomic mass is 9.49. The molecule has 0 aromatic heterocycles. The number of ether oxygens (including phenoxy) is 2. The van der Waals surface area contributed by atoms with Gasteiger partial charge in [-0.05, 0) is 67.8 Å². The van der Waals surface area contributed by atoms with Gasteiger partial charge in [0, 0.05) is 0 Å². The third-order valence-corrected chi connectivity index (χ3v) is 8.28. The number of hydrogen-bond acceptors (Lipinski definition) is 6. The second-order valence-electron chi connectivity index (χ2n) is 11.1. The Kier molecular flexibility index (Phi) is 7.41. The minimum absolute atomic E-state index is 0.0533. The summed E-state index contributed by atoms with van der Waals surface area (Å²) in [5.74, 6) is 0.578. The monoisotopic (exact) mass is 438 g/mol. The average Bonchev–Trinajstić information content (AvgIpc) is 2.69. The SMILES string of the molecule is C=C[C@@](C)(O)CCC1=C(CO[C@H]2OC[C@H](O)[C@@H](O)[C@@H]2O)CC[C@H]2C(C)(C)CCC[C@]12C. The van der Waals surface area contributed by atoms with Gasteiger partial charge in [0.15, 0.2) is 6.29 Å². The molecule has 2 fully saturated rings. The van der Waals surface area contributed by atoms with Gasteiger partial charge in [-0.3, -0.25) is 0 Å². The van der Waals surface area contributed by atoms with Crippen LogP contribution in [0, 0.1) is 16.7 Å². The highest BCUT2D eigenvalue weighted by Crippen LogP contribution is 2.60. The van der Waals surface area contributed by atoms with Crippen molar-refractivity contribution in [3.8, 4) is 0 Å². The lowest BCUT2D eigenvalue weighted by Crippen LogP contribution is -2.54. The third kappa shape index (κ3) is 5.10. The lowest BCUT2D eigenvalue weighted by Gasteiger charge is -2.55. The van der Waals surface area contributed by atoms with E-state index < -0.39 is 30.2 Å². The maximum Gasteiger partial charge on any atom is 0.186 e. The molecule has 1 aliphatic heterocycles. The highest BCUT2D eigenvalue weighted by Gasteiger charge is 2.50. The maximum absolute atomic E-state index is 10.6. The summed E-state index contributed by atoms with van der Waals surface area (Å²) in [4.78, 5) is 0. The van der Waals surface area contributed by atoms with Crippen LogP contribution < -0.4 is 0 Å². The van der Waals surface area contributed by atoms with Crippen molar-refractivity contribution in [2.75, 3.05) is 13.2 Å². The molecule has 1 saturated carbocycles. The Morgan fingerprint density at radius 1 is 1.19 bits per heavy atom. The highest BCUT2D eigenvalue weighted by molar-refractivity contribution is 5.29. The van der Waals surface area contributed by atoms with Crippen molar-refractivity contribution in [2.45, 2.75) is 103 Å². The van der Waals surface area contributed by atoms with Gasteiger partial charge < -0.3 is 29.9 Å². The van der Waals surface area contributed by atoms with Gasteiger partial charge >= 0.3 is 0 Å². The molecule has 4 N–H and O–H groups in total. The molecule has 0 aromatic rings. The Morgan fingerprint density at radius 3 is 2.58 bits per heavy atom. The van der Waals surface area contributed by atoms with E-state index in [9.17, 15) is 20.4 Å². The first-order valence-electron chi connectivity index (χ1n) is 11.8. The smallest absolute Gasteiger partial charge is 0.186 e. The molecule has 178 valence electrons. The largest absolute Gasteiger partial charge is 0.388 e. The molecular weight excluding hydrogens is 396 g/mol. The van der Waals surface area contributed by atoms with Crippen LogP contribution in [0.5, 0.6) is 0 Å². The van der Waals surface area contributed by atoms with Crippen LogP contribution in [-0.2, 0) is 9.47 Å². The summed E-state index contributed by atoms with van der Waals surface area (Å²) in [7, 11) is 0. The number of allylic oxidation sites excluding steroid dienone is 1. The zero-order chi connectivity index (χ0) is 23.0. The summed E-state index contributed by atoms with van der Waals surface area (Å²) in [6, 6.07) is 0. The number of fused-ring (bicyclic) bond motifs is 1. The van der Waals surface area contributed by atoms with Crippen molar-refractivity contribution in [1.29, 1.82) is 0 Å². The van der Waals surface area contributed by atoms with E-state index in [1.807, 2.05) is 0 Å². The normalized spacial score (nSPS) is 40.2. The fraction of sp³-hybridized carbons (Fsp3) is 0.840. The number of rotatable bonds is 7. The van der Waals surface area contributed by atoms with Gasteiger partial charge in [0.05, 0.1) is 18.8 Å². The minimum atomic E-state index is -1.28. The van der Waals surface area contributed by atoms with Crippen molar-refractivity contribution in [3.05, 3.63) is 23.8 Å². The van der Waals surface area contributed by atoms with Crippen LogP contribution in [-0.4, -0.2) is 63.8 Å². The van der Waals surface area contributed by atoms with Crippen LogP contribution in [0.4, 0.5) is 0 Å². The molecule has 0 bridgehead atoms. The van der Waals surface area contributed by atoms with Gasteiger partial charge in [-0.25, -0.2) is 0 Å². The molecule has 1 saturated heterocycles. The molecule has 3 rings (SSSR count). The predicted molar refractivity (Wildman–Crippen MR) is 119 cm³/mol. The first-order chi connectivity index (χ1) is 14.4. The van der Waals surface area contributed by atoms with Gasteiger partial charge in [-0.1, -0.05) is 38.8 Å². The molecule has 6 heteroatoms. The van der Waals surface area contributed by atoms with Crippen LogP contribution in [0.2, 0.25) is 0 Å². The van der Waals surface area contributed by atoms with E-state index in [0.29, 0.717) is 18.9 Å². The molecule has 0 amide bonds. The van der Waals surface area contributed by atoms with Crippen molar-refractivity contribution in [2.24, 2.45) is 16.7 Å². The summed E-state index contributed by atoms with van der Waals surface area (Å²) in [5.41, 5.74) is 1.99. The Morgan fingerprint density at radius 2 is 1.90 bits per heavy atom. The van der Waals surface area contributed by atoms with E-state index in [0.717, 1.165) is 25.7 Å². The van der Waals surface area contributed by atoms with Crippen molar-refractivity contribution < 1.29 is 29.9 Å². The standard InChI is InChI=1S/C25H42O6/c1-6-24(4,29)13-10-17-16(14-30-22-21(28)20(27)18(26)15-31-22)8-9-19-23(2,3)11-7-12-25(17,19)5/h6,18-22,26-29H,1,7-15H2,2-5H3/t18-,19-,20+,21-,22-,24+,25+/m0/s1. The zero-order valence-electron chi connectivity index (χ0n) is 19.6. The second-order valence-corrected chi connectivity index (χ2v) is 11.1. The molecule has 31 heavy (non-hydrogen) atoms. The molecule has 3 aliphatic rings. The van der Waals surface area contributed by atoms with Gasteiger partial charge in [-0.15, -0.1) is 6.58 Å². The average molecular weight is 439 g/mol. The van der Waals surface area contributed by atoms with E-state index in [4.69, 9.17) is 9.47 Å². The van der Waals surface area contributed by atoms with Crippen LogP contribution in [0.1, 0.15) is 72.6 Å². The highest BCUT2D eigenvalue weighted by atomic mass is 16.7. The van der Waals surface area contributed by atoms with Crippen LogP contribution >= 0.6 is 0 Å². The summed E-state index contributed by atoms with van der Waals surface area (Å²) in [6.07, 6.45) is 3.92. The summed E-state index contributed by atoms with van der Waals surface area (Å²) in [5, 5.41) is 40.4. The molecular formula is C25H42O6. The molecule has 0 unspecified atom stereocenters. The first-order valence-corrected chi connectivity index (χ1v) is 11.8. The summed E-state index contributed by atoms with van der Waals surface area (Å²) >= 11 is 0. The van der Waals surface area contributed by atoms with E-state index >= 15 is 0 Å². The van der Waals surface area contributed by atoms with Crippen LogP contribution in [0.25, 0.3) is 0 Å². The van der Waals surface area contributed by atoms with Crippen molar-refractivity contribution in [3.63, 3.8) is 0 Å². The van der Waals surface area contributed by atoms with Gasteiger partial charge in [-0.2, -0.15) is 0 Å². The van der Waals surface area contributed by atoms with Gasteiger partial charge in [0.25, 0.3) is 0 Å². The van der Waals surface area contributed by atoms with Crippen molar-refractivity contribution >= 4 is 0 Å². The lowest BCUT2D eigenvalue weighted by molar-refractivity contribution is -0.267. The molecule has 0 aromatic carbocycles. The molecule has 2 aliphatic carbocycles. The molecule has 7 atom stereocenters. The number of hydrogen-bond donors (Lipinski definition) is 4. The third-order valence-electron chi connectivity index (χ3n) is 8.28. The number of aliphatic hydroxyl groups excluding tert-OH is 3. The fourth-order valence-corrected chi connectivity index (χ4v) is 6.28.